The van der Waals surface area contributed by atoms with Crippen LogP contribution in [0.2, 0.25) is 0 Å². The van der Waals surface area contributed by atoms with E-state index < -0.39 is 0 Å². The SMILES string of the molecule is Cn1cnc(CCNCC(N)=NO)n1. The van der Waals surface area contributed by atoms with E-state index in [9.17, 15) is 0 Å². The number of hydrogen-bond acceptors (Lipinski definition) is 5. The fraction of sp³-hybridized carbons (Fsp3) is 0.571. The zero-order chi connectivity index (χ0) is 10.4. The van der Waals surface area contributed by atoms with Crippen LogP contribution < -0.4 is 11.1 Å². The van der Waals surface area contributed by atoms with Gasteiger partial charge in [-0.3, -0.25) is 4.68 Å². The lowest BCUT2D eigenvalue weighted by Crippen LogP contribution is -2.30. The van der Waals surface area contributed by atoms with Crippen LogP contribution in [0.15, 0.2) is 11.5 Å². The molecule has 0 atom stereocenters. The number of rotatable bonds is 5. The lowest BCUT2D eigenvalue weighted by molar-refractivity contribution is 0.317. The van der Waals surface area contributed by atoms with Crippen molar-refractivity contribution in [1.82, 2.24) is 20.1 Å². The van der Waals surface area contributed by atoms with Crippen molar-refractivity contribution in [3.8, 4) is 0 Å². The minimum absolute atomic E-state index is 0.166. The van der Waals surface area contributed by atoms with Gasteiger partial charge in [0.15, 0.2) is 11.7 Å². The topological polar surface area (TPSA) is 101 Å². The van der Waals surface area contributed by atoms with E-state index in [0.29, 0.717) is 13.1 Å². The first-order valence-electron chi connectivity index (χ1n) is 4.24. The Morgan fingerprint density at radius 2 is 2.57 bits per heavy atom. The molecule has 0 unspecified atom stereocenters. The maximum Gasteiger partial charge on any atom is 0.153 e. The summed E-state index contributed by atoms with van der Waals surface area (Å²) in [7, 11) is 1.82. The summed E-state index contributed by atoms with van der Waals surface area (Å²) in [4.78, 5) is 4.05. The minimum Gasteiger partial charge on any atom is -0.409 e. The molecule has 1 rings (SSSR count). The van der Waals surface area contributed by atoms with Crippen molar-refractivity contribution in [2.75, 3.05) is 13.1 Å². The standard InChI is InChI=1S/C7H14N6O/c1-13-5-10-7(11-13)2-3-9-4-6(8)12-14/h5,9,14H,2-4H2,1H3,(H2,8,12). The van der Waals surface area contributed by atoms with Gasteiger partial charge in [-0.2, -0.15) is 5.10 Å². The van der Waals surface area contributed by atoms with Crippen molar-refractivity contribution in [1.29, 1.82) is 0 Å². The van der Waals surface area contributed by atoms with Gasteiger partial charge in [-0.1, -0.05) is 5.16 Å². The van der Waals surface area contributed by atoms with Gasteiger partial charge in [0.05, 0.1) is 6.54 Å². The number of amidine groups is 1. The van der Waals surface area contributed by atoms with Crippen LogP contribution >= 0.6 is 0 Å². The second-order valence-electron chi connectivity index (χ2n) is 2.85. The second kappa shape index (κ2) is 5.18. The van der Waals surface area contributed by atoms with E-state index in [4.69, 9.17) is 10.9 Å². The molecule has 1 aromatic rings. The quantitative estimate of drug-likeness (QED) is 0.179. The smallest absolute Gasteiger partial charge is 0.153 e. The van der Waals surface area contributed by atoms with Crippen LogP contribution in [0.5, 0.6) is 0 Å². The fourth-order valence-corrected chi connectivity index (χ4v) is 0.950. The summed E-state index contributed by atoms with van der Waals surface area (Å²) >= 11 is 0. The summed E-state index contributed by atoms with van der Waals surface area (Å²) in [6.45, 7) is 1.06. The maximum absolute atomic E-state index is 8.25. The van der Waals surface area contributed by atoms with Crippen LogP contribution in [-0.2, 0) is 13.5 Å². The summed E-state index contributed by atoms with van der Waals surface area (Å²) in [5.41, 5.74) is 5.26. The average Bonchev–Trinajstić information content (AvgIpc) is 2.58. The van der Waals surface area contributed by atoms with Gasteiger partial charge in [0, 0.05) is 20.0 Å². The van der Waals surface area contributed by atoms with Gasteiger partial charge in [-0.05, 0) is 0 Å². The van der Waals surface area contributed by atoms with Gasteiger partial charge in [0.25, 0.3) is 0 Å². The lowest BCUT2D eigenvalue weighted by atomic mass is 10.4. The molecule has 78 valence electrons. The summed E-state index contributed by atoms with van der Waals surface area (Å²) in [6, 6.07) is 0. The molecule has 0 aliphatic rings. The minimum atomic E-state index is 0.166. The van der Waals surface area contributed by atoms with Crippen molar-refractivity contribution < 1.29 is 5.21 Å². The molecule has 0 spiro atoms. The zero-order valence-corrected chi connectivity index (χ0v) is 8.01. The Labute approximate surface area is 81.6 Å². The van der Waals surface area contributed by atoms with Gasteiger partial charge in [0.1, 0.15) is 6.33 Å². The zero-order valence-electron chi connectivity index (χ0n) is 8.01. The van der Waals surface area contributed by atoms with Crippen LogP contribution in [0, 0.1) is 0 Å². The molecule has 0 aliphatic heterocycles. The Balaban J connectivity index is 2.16. The third kappa shape index (κ3) is 3.40. The van der Waals surface area contributed by atoms with E-state index in [1.54, 1.807) is 11.0 Å². The van der Waals surface area contributed by atoms with Gasteiger partial charge < -0.3 is 16.3 Å². The highest BCUT2D eigenvalue weighted by Gasteiger charge is 1.98. The first-order chi connectivity index (χ1) is 6.72. The predicted molar refractivity (Wildman–Crippen MR) is 51.0 cm³/mol. The molecule has 0 saturated heterocycles. The highest BCUT2D eigenvalue weighted by molar-refractivity contribution is 5.81. The first kappa shape index (κ1) is 10.5. The number of aromatic nitrogens is 3. The Bertz CT molecular complexity index is 307. The number of aryl methyl sites for hydroxylation is 1. The number of hydrogen-bond donors (Lipinski definition) is 3. The highest BCUT2D eigenvalue weighted by atomic mass is 16.4. The molecule has 0 aliphatic carbocycles. The highest BCUT2D eigenvalue weighted by Crippen LogP contribution is 1.87. The molecule has 0 amide bonds. The molecule has 1 aromatic heterocycles. The van der Waals surface area contributed by atoms with Crippen molar-refractivity contribution in [3.05, 3.63) is 12.2 Å². The fourth-order valence-electron chi connectivity index (χ4n) is 0.950. The second-order valence-corrected chi connectivity index (χ2v) is 2.85. The Kier molecular flexibility index (Phi) is 3.86. The summed E-state index contributed by atoms with van der Waals surface area (Å²) in [5.74, 6) is 0.943. The summed E-state index contributed by atoms with van der Waals surface area (Å²) in [5, 5.41) is 18.2. The van der Waals surface area contributed by atoms with E-state index in [2.05, 4.69) is 20.6 Å². The van der Waals surface area contributed by atoms with Gasteiger partial charge in [-0.15, -0.1) is 0 Å². The molecular weight excluding hydrogens is 184 g/mol. The monoisotopic (exact) mass is 198 g/mol. The van der Waals surface area contributed by atoms with E-state index in [1.165, 1.54) is 0 Å². The molecule has 4 N–H and O–H groups in total. The van der Waals surface area contributed by atoms with Crippen molar-refractivity contribution in [2.45, 2.75) is 6.42 Å². The number of nitrogens with two attached hydrogens (primary N) is 1. The maximum atomic E-state index is 8.25. The molecule has 0 fully saturated rings. The molecule has 0 saturated carbocycles. The summed E-state index contributed by atoms with van der Waals surface area (Å²) in [6.07, 6.45) is 2.37. The third-order valence-electron chi connectivity index (χ3n) is 1.61. The van der Waals surface area contributed by atoms with Crippen LogP contribution in [-0.4, -0.2) is 38.9 Å². The summed E-state index contributed by atoms with van der Waals surface area (Å²) < 4.78 is 1.65. The third-order valence-corrected chi connectivity index (χ3v) is 1.61. The van der Waals surface area contributed by atoms with Crippen LogP contribution in [0.25, 0.3) is 0 Å². The molecule has 0 radical (unpaired) electrons. The van der Waals surface area contributed by atoms with Crippen LogP contribution in [0.4, 0.5) is 0 Å². The van der Waals surface area contributed by atoms with Crippen molar-refractivity contribution in [3.63, 3.8) is 0 Å². The van der Waals surface area contributed by atoms with E-state index in [1.807, 2.05) is 7.05 Å². The largest absolute Gasteiger partial charge is 0.409 e. The van der Waals surface area contributed by atoms with Gasteiger partial charge in [-0.25, -0.2) is 4.98 Å². The van der Waals surface area contributed by atoms with Crippen molar-refractivity contribution in [2.24, 2.45) is 17.9 Å². The normalized spacial score (nSPS) is 11.9. The molecule has 14 heavy (non-hydrogen) atoms. The van der Waals surface area contributed by atoms with Crippen molar-refractivity contribution >= 4 is 5.84 Å². The molecule has 1 heterocycles. The number of oxime groups is 1. The van der Waals surface area contributed by atoms with E-state index in [0.717, 1.165) is 12.2 Å². The molecular formula is C7H14N6O. The lowest BCUT2D eigenvalue weighted by Gasteiger charge is -2.00. The van der Waals surface area contributed by atoms with Gasteiger partial charge in [0.2, 0.25) is 0 Å². The number of nitrogens with zero attached hydrogens (tertiary/aromatic N) is 4. The van der Waals surface area contributed by atoms with E-state index in [-0.39, 0.29) is 5.84 Å². The first-order valence-corrected chi connectivity index (χ1v) is 4.24. The van der Waals surface area contributed by atoms with Crippen LogP contribution in [0.1, 0.15) is 5.82 Å². The number of nitrogens with one attached hydrogen (secondary N) is 1. The molecule has 0 aromatic carbocycles. The Morgan fingerprint density at radius 1 is 1.79 bits per heavy atom. The Morgan fingerprint density at radius 3 is 3.14 bits per heavy atom. The Hall–Kier alpha value is -1.63. The van der Waals surface area contributed by atoms with Gasteiger partial charge >= 0.3 is 0 Å². The predicted octanol–water partition coefficient (Wildman–Crippen LogP) is -1.31. The molecule has 7 heteroatoms. The van der Waals surface area contributed by atoms with Crippen LogP contribution in [0.3, 0.4) is 0 Å². The average molecular weight is 198 g/mol. The molecule has 7 nitrogen and oxygen atoms in total. The van der Waals surface area contributed by atoms with E-state index >= 15 is 0 Å². The molecule has 0 bridgehead atoms.